The largest absolute Gasteiger partial charge is 0.507 e. The van der Waals surface area contributed by atoms with Gasteiger partial charge >= 0.3 is 0 Å². The molecular weight excluding hydrogens is 174 g/mol. The molecule has 0 aliphatic heterocycles. The van der Waals surface area contributed by atoms with Crippen LogP contribution in [0.1, 0.15) is 30.9 Å². The van der Waals surface area contributed by atoms with Gasteiger partial charge in [-0.15, -0.1) is 0 Å². The molecule has 2 rings (SSSR count). The second-order valence-electron chi connectivity index (χ2n) is 4.01. The summed E-state index contributed by atoms with van der Waals surface area (Å²) >= 11 is 0. The van der Waals surface area contributed by atoms with E-state index in [-0.39, 0.29) is 5.75 Å². The normalized spacial score (nSPS) is 25.4. The van der Waals surface area contributed by atoms with Crippen LogP contribution in [0.2, 0.25) is 0 Å². The summed E-state index contributed by atoms with van der Waals surface area (Å²) in [6, 6.07) is 5.59. The van der Waals surface area contributed by atoms with Crippen LogP contribution in [0.15, 0.2) is 24.3 Å². The summed E-state index contributed by atoms with van der Waals surface area (Å²) in [4.78, 5) is 0. The average Bonchev–Trinajstić information content (AvgIpc) is 2.14. The fourth-order valence-corrected chi connectivity index (χ4v) is 2.05. The third kappa shape index (κ3) is 1.18. The standard InChI is InChI=1S/C12H15NO/c1-7-6-10(13)12-9(8(7)2)4-3-5-11(12)14/h3-8,14H,13H2,1-2H3. The number of phenolic OH excluding ortho intramolecular Hbond substituents is 1. The number of fused-ring (bicyclic) bond motifs is 1. The van der Waals surface area contributed by atoms with E-state index in [9.17, 15) is 5.11 Å². The van der Waals surface area contributed by atoms with E-state index in [2.05, 4.69) is 13.8 Å². The molecule has 2 heteroatoms. The molecule has 0 radical (unpaired) electrons. The van der Waals surface area contributed by atoms with Crippen LogP contribution in [0.4, 0.5) is 0 Å². The van der Waals surface area contributed by atoms with E-state index in [1.165, 1.54) is 0 Å². The lowest BCUT2D eigenvalue weighted by Crippen LogP contribution is -2.15. The van der Waals surface area contributed by atoms with Gasteiger partial charge in [-0.1, -0.05) is 32.1 Å². The van der Waals surface area contributed by atoms with Gasteiger partial charge in [0, 0.05) is 11.3 Å². The summed E-state index contributed by atoms with van der Waals surface area (Å²) in [5.41, 5.74) is 8.57. The van der Waals surface area contributed by atoms with Gasteiger partial charge in [0.15, 0.2) is 0 Å². The highest BCUT2D eigenvalue weighted by molar-refractivity contribution is 5.73. The first-order valence-electron chi connectivity index (χ1n) is 4.91. The summed E-state index contributed by atoms with van der Waals surface area (Å²) in [5.74, 6) is 1.14. The Balaban J connectivity index is 2.66. The van der Waals surface area contributed by atoms with Crippen LogP contribution in [0.5, 0.6) is 5.75 Å². The minimum Gasteiger partial charge on any atom is -0.507 e. The SMILES string of the molecule is CC1C=C(N)c2c(O)cccc2C1C. The van der Waals surface area contributed by atoms with Crippen LogP contribution in [-0.4, -0.2) is 5.11 Å². The van der Waals surface area contributed by atoms with E-state index < -0.39 is 0 Å². The van der Waals surface area contributed by atoms with E-state index in [1.807, 2.05) is 18.2 Å². The summed E-state index contributed by atoms with van der Waals surface area (Å²) in [6.07, 6.45) is 2.02. The minimum absolute atomic E-state index is 0.287. The maximum Gasteiger partial charge on any atom is 0.125 e. The molecule has 0 fully saturated rings. The van der Waals surface area contributed by atoms with Crippen molar-refractivity contribution in [1.29, 1.82) is 0 Å². The van der Waals surface area contributed by atoms with E-state index in [1.54, 1.807) is 6.07 Å². The fourth-order valence-electron chi connectivity index (χ4n) is 2.05. The molecule has 0 bridgehead atoms. The third-order valence-electron chi connectivity index (χ3n) is 3.09. The maximum absolute atomic E-state index is 9.71. The zero-order valence-electron chi connectivity index (χ0n) is 8.49. The van der Waals surface area contributed by atoms with Gasteiger partial charge in [0.2, 0.25) is 0 Å². The number of allylic oxidation sites excluding steroid dienone is 1. The molecule has 0 aromatic heterocycles. The van der Waals surface area contributed by atoms with E-state index in [4.69, 9.17) is 5.73 Å². The molecule has 1 aromatic rings. The number of phenols is 1. The Hall–Kier alpha value is -1.44. The monoisotopic (exact) mass is 189 g/mol. The Morgan fingerprint density at radius 1 is 1.29 bits per heavy atom. The van der Waals surface area contributed by atoms with Crippen molar-refractivity contribution < 1.29 is 5.11 Å². The van der Waals surface area contributed by atoms with Crippen molar-refractivity contribution >= 4 is 5.70 Å². The first-order valence-corrected chi connectivity index (χ1v) is 4.91. The highest BCUT2D eigenvalue weighted by Gasteiger charge is 2.24. The zero-order chi connectivity index (χ0) is 10.3. The average molecular weight is 189 g/mol. The second-order valence-corrected chi connectivity index (χ2v) is 4.01. The molecule has 1 aromatic carbocycles. The highest BCUT2D eigenvalue weighted by atomic mass is 16.3. The van der Waals surface area contributed by atoms with Crippen LogP contribution < -0.4 is 5.73 Å². The third-order valence-corrected chi connectivity index (χ3v) is 3.09. The predicted octanol–water partition coefficient (Wildman–Crippen LogP) is 2.45. The van der Waals surface area contributed by atoms with Crippen molar-refractivity contribution in [2.24, 2.45) is 11.7 Å². The molecule has 0 amide bonds. The van der Waals surface area contributed by atoms with Gasteiger partial charge in [-0.25, -0.2) is 0 Å². The summed E-state index contributed by atoms with van der Waals surface area (Å²) in [5, 5.41) is 9.71. The Morgan fingerprint density at radius 3 is 2.71 bits per heavy atom. The maximum atomic E-state index is 9.71. The lowest BCUT2D eigenvalue weighted by Gasteiger charge is -2.26. The van der Waals surface area contributed by atoms with E-state index in [0.717, 1.165) is 11.1 Å². The predicted molar refractivity (Wildman–Crippen MR) is 57.9 cm³/mol. The Labute approximate surface area is 84.1 Å². The highest BCUT2D eigenvalue weighted by Crippen LogP contribution is 2.39. The quantitative estimate of drug-likeness (QED) is 0.658. The molecule has 1 aliphatic carbocycles. The van der Waals surface area contributed by atoms with Gasteiger partial charge in [-0.2, -0.15) is 0 Å². The number of rotatable bonds is 0. The molecule has 0 saturated heterocycles. The zero-order valence-corrected chi connectivity index (χ0v) is 8.49. The topological polar surface area (TPSA) is 46.2 Å². The van der Waals surface area contributed by atoms with Crippen LogP contribution in [0, 0.1) is 5.92 Å². The van der Waals surface area contributed by atoms with Crippen molar-refractivity contribution in [2.75, 3.05) is 0 Å². The minimum atomic E-state index is 0.287. The van der Waals surface area contributed by atoms with Crippen LogP contribution in [0.3, 0.4) is 0 Å². The van der Waals surface area contributed by atoms with Crippen molar-refractivity contribution in [3.05, 3.63) is 35.4 Å². The molecule has 0 saturated carbocycles. The van der Waals surface area contributed by atoms with Gasteiger partial charge in [-0.3, -0.25) is 0 Å². The summed E-state index contributed by atoms with van der Waals surface area (Å²) < 4.78 is 0. The van der Waals surface area contributed by atoms with Gasteiger partial charge in [0.25, 0.3) is 0 Å². The molecule has 0 heterocycles. The number of benzene rings is 1. The van der Waals surface area contributed by atoms with Crippen LogP contribution >= 0.6 is 0 Å². The summed E-state index contributed by atoms with van der Waals surface area (Å²) in [6.45, 7) is 4.30. The molecule has 2 unspecified atom stereocenters. The molecule has 2 atom stereocenters. The van der Waals surface area contributed by atoms with E-state index >= 15 is 0 Å². The summed E-state index contributed by atoms with van der Waals surface area (Å²) in [7, 11) is 0. The van der Waals surface area contributed by atoms with Crippen LogP contribution in [-0.2, 0) is 0 Å². The Kier molecular flexibility index (Phi) is 1.99. The molecule has 2 nitrogen and oxygen atoms in total. The lowest BCUT2D eigenvalue weighted by molar-refractivity contribution is 0.468. The van der Waals surface area contributed by atoms with Crippen molar-refractivity contribution in [3.63, 3.8) is 0 Å². The Bertz CT molecular complexity index is 395. The van der Waals surface area contributed by atoms with Gasteiger partial charge in [0.1, 0.15) is 5.75 Å². The van der Waals surface area contributed by atoms with Gasteiger partial charge < -0.3 is 10.8 Å². The van der Waals surface area contributed by atoms with Crippen LogP contribution in [0.25, 0.3) is 5.70 Å². The molecular formula is C12H15NO. The first kappa shape index (κ1) is 9.13. The van der Waals surface area contributed by atoms with Gasteiger partial charge in [0.05, 0.1) is 0 Å². The number of hydrogen-bond acceptors (Lipinski definition) is 2. The smallest absolute Gasteiger partial charge is 0.125 e. The molecule has 3 N–H and O–H groups in total. The first-order chi connectivity index (χ1) is 6.61. The second kappa shape index (κ2) is 3.05. The van der Waals surface area contributed by atoms with Gasteiger partial charge in [-0.05, 0) is 23.5 Å². The van der Waals surface area contributed by atoms with Crippen molar-refractivity contribution in [2.45, 2.75) is 19.8 Å². The number of nitrogens with two attached hydrogens (primary N) is 1. The molecule has 14 heavy (non-hydrogen) atoms. The Morgan fingerprint density at radius 2 is 2.00 bits per heavy atom. The van der Waals surface area contributed by atoms with Crippen molar-refractivity contribution in [3.8, 4) is 5.75 Å². The molecule has 1 aliphatic rings. The molecule has 74 valence electrons. The number of aromatic hydroxyl groups is 1. The lowest BCUT2D eigenvalue weighted by atomic mass is 9.80. The fraction of sp³-hybridized carbons (Fsp3) is 0.333. The van der Waals surface area contributed by atoms with Crippen molar-refractivity contribution in [1.82, 2.24) is 0 Å². The number of hydrogen-bond donors (Lipinski definition) is 2. The molecule has 0 spiro atoms. The van der Waals surface area contributed by atoms with E-state index in [0.29, 0.717) is 17.5 Å².